The van der Waals surface area contributed by atoms with Crippen LogP contribution in [0.5, 0.6) is 5.75 Å². The summed E-state index contributed by atoms with van der Waals surface area (Å²) in [4.78, 5) is 0. The Kier molecular flexibility index (Phi) is 4.93. The molecule has 0 aromatic heterocycles. The van der Waals surface area contributed by atoms with E-state index in [0.717, 1.165) is 28.2 Å². The van der Waals surface area contributed by atoms with Crippen molar-refractivity contribution in [1.29, 1.82) is 0 Å². The quantitative estimate of drug-likeness (QED) is 0.650. The summed E-state index contributed by atoms with van der Waals surface area (Å²) in [5.74, 6) is -0.336. The van der Waals surface area contributed by atoms with E-state index in [0.29, 0.717) is 11.1 Å². The van der Waals surface area contributed by atoms with E-state index < -0.39 is 11.6 Å². The van der Waals surface area contributed by atoms with E-state index in [1.54, 1.807) is 6.07 Å². The van der Waals surface area contributed by atoms with Gasteiger partial charge in [0.15, 0.2) is 0 Å². The van der Waals surface area contributed by atoms with Crippen molar-refractivity contribution in [3.8, 4) is 5.75 Å². The maximum absolute atomic E-state index is 13.4. The van der Waals surface area contributed by atoms with Crippen molar-refractivity contribution in [2.45, 2.75) is 11.9 Å². The van der Waals surface area contributed by atoms with E-state index >= 15 is 0 Å². The number of benzene rings is 2. The van der Waals surface area contributed by atoms with Gasteiger partial charge in [0.2, 0.25) is 0 Å². The lowest BCUT2D eigenvalue weighted by Crippen LogP contribution is -1.99. The molecule has 0 spiro atoms. The van der Waals surface area contributed by atoms with E-state index in [-0.39, 0.29) is 12.2 Å². The summed E-state index contributed by atoms with van der Waals surface area (Å²) >= 11 is 6.78. The van der Waals surface area contributed by atoms with Crippen molar-refractivity contribution >= 4 is 31.9 Å². The average Bonchev–Trinajstić information content (AvgIpc) is 2.41. The largest absolute Gasteiger partial charge is 0.489 e. The first-order chi connectivity index (χ1) is 9.10. The molecule has 0 radical (unpaired) electrons. The number of alkyl halides is 1. The van der Waals surface area contributed by atoms with Gasteiger partial charge in [0.05, 0.1) is 0 Å². The summed E-state index contributed by atoms with van der Waals surface area (Å²) in [6.45, 7) is -0.00699. The lowest BCUT2D eigenvalue weighted by Gasteiger charge is -2.09. The van der Waals surface area contributed by atoms with Crippen molar-refractivity contribution in [3.63, 3.8) is 0 Å². The lowest BCUT2D eigenvalue weighted by atomic mass is 10.2. The van der Waals surface area contributed by atoms with Crippen LogP contribution in [0.3, 0.4) is 0 Å². The summed E-state index contributed by atoms with van der Waals surface area (Å²) in [5, 5.41) is 0.680. The molecule has 0 fully saturated rings. The van der Waals surface area contributed by atoms with Gasteiger partial charge in [-0.15, -0.1) is 0 Å². The number of halogens is 4. The zero-order valence-corrected chi connectivity index (χ0v) is 13.0. The molecule has 0 aliphatic carbocycles. The third-order valence-corrected chi connectivity index (χ3v) is 3.94. The molecule has 0 saturated heterocycles. The smallest absolute Gasteiger partial charge is 0.130 e. The summed E-state index contributed by atoms with van der Waals surface area (Å²) in [6.07, 6.45) is 0. The second-order valence-corrected chi connectivity index (χ2v) is 5.33. The van der Waals surface area contributed by atoms with Crippen molar-refractivity contribution in [2.75, 3.05) is 0 Å². The highest BCUT2D eigenvalue weighted by Gasteiger charge is 2.06. The van der Waals surface area contributed by atoms with Crippen LogP contribution in [0.4, 0.5) is 8.78 Å². The molecule has 1 nitrogen and oxygen atoms in total. The zero-order chi connectivity index (χ0) is 13.8. The Balaban J connectivity index is 2.12. The summed E-state index contributed by atoms with van der Waals surface area (Å²) in [7, 11) is 0. The van der Waals surface area contributed by atoms with E-state index in [4.69, 9.17) is 4.74 Å². The van der Waals surface area contributed by atoms with Crippen molar-refractivity contribution in [2.24, 2.45) is 0 Å². The lowest BCUT2D eigenvalue weighted by molar-refractivity contribution is 0.299. The molecular weight excluding hydrogens is 382 g/mol. The Morgan fingerprint density at radius 2 is 1.79 bits per heavy atom. The van der Waals surface area contributed by atoms with Gasteiger partial charge in [-0.25, -0.2) is 8.78 Å². The zero-order valence-electron chi connectivity index (χ0n) is 9.80. The number of ether oxygens (including phenoxy) is 1. The van der Waals surface area contributed by atoms with Crippen LogP contribution in [0.15, 0.2) is 40.9 Å². The molecule has 0 N–H and O–H groups in total. The van der Waals surface area contributed by atoms with Gasteiger partial charge in [0, 0.05) is 15.4 Å². The van der Waals surface area contributed by atoms with Crippen LogP contribution in [-0.4, -0.2) is 0 Å². The number of rotatable bonds is 4. The van der Waals surface area contributed by atoms with E-state index in [1.807, 2.05) is 12.1 Å². The van der Waals surface area contributed by atoms with Crippen molar-refractivity contribution < 1.29 is 13.5 Å². The van der Waals surface area contributed by atoms with Gasteiger partial charge in [-0.2, -0.15) is 0 Å². The average molecular weight is 392 g/mol. The molecule has 2 rings (SSSR count). The molecule has 19 heavy (non-hydrogen) atoms. The van der Waals surface area contributed by atoms with Gasteiger partial charge in [-0.05, 0) is 42.0 Å². The molecule has 0 saturated carbocycles. The molecule has 0 unspecified atom stereocenters. The minimum Gasteiger partial charge on any atom is -0.489 e. The fourth-order valence-corrected chi connectivity index (χ4v) is 2.79. The fraction of sp³-hybridized carbons (Fsp3) is 0.143. The summed E-state index contributed by atoms with van der Waals surface area (Å²) < 4.78 is 32.9. The molecule has 0 aliphatic heterocycles. The third kappa shape index (κ3) is 3.76. The monoisotopic (exact) mass is 390 g/mol. The third-order valence-electron chi connectivity index (χ3n) is 2.56. The van der Waals surface area contributed by atoms with Crippen LogP contribution >= 0.6 is 31.9 Å². The molecule has 0 amide bonds. The van der Waals surface area contributed by atoms with Crippen LogP contribution in [0.25, 0.3) is 0 Å². The highest BCUT2D eigenvalue weighted by Crippen LogP contribution is 2.25. The van der Waals surface area contributed by atoms with Gasteiger partial charge in [-0.3, -0.25) is 0 Å². The molecule has 5 heteroatoms. The van der Waals surface area contributed by atoms with Gasteiger partial charge in [0.25, 0.3) is 0 Å². The second kappa shape index (κ2) is 6.48. The molecule has 0 atom stereocenters. The van der Waals surface area contributed by atoms with E-state index in [1.165, 1.54) is 0 Å². The fourth-order valence-electron chi connectivity index (χ4n) is 1.56. The molecule has 100 valence electrons. The molecule has 2 aromatic carbocycles. The van der Waals surface area contributed by atoms with E-state index in [9.17, 15) is 8.78 Å². The maximum atomic E-state index is 13.4. The second-order valence-electron chi connectivity index (χ2n) is 3.91. The Bertz CT molecular complexity index is 588. The Morgan fingerprint density at radius 3 is 2.53 bits per heavy atom. The van der Waals surface area contributed by atoms with Crippen LogP contribution in [0, 0.1) is 11.6 Å². The van der Waals surface area contributed by atoms with Crippen molar-refractivity contribution in [1.82, 2.24) is 0 Å². The summed E-state index contributed by atoms with van der Waals surface area (Å²) in [5.41, 5.74) is 1.22. The van der Waals surface area contributed by atoms with Crippen molar-refractivity contribution in [3.05, 3.63) is 63.6 Å². The first kappa shape index (κ1) is 14.5. The highest BCUT2D eigenvalue weighted by molar-refractivity contribution is 9.10. The Labute approximate surface area is 126 Å². The predicted octanol–water partition coefficient (Wildman–Crippen LogP) is 5.20. The standard InChI is InChI=1S/C14H10Br2F2O/c15-7-9-6-12(2-3-13(9)16)19-8-10-5-11(17)1-4-14(10)18/h1-6H,7-8H2. The van der Waals surface area contributed by atoms with E-state index in [2.05, 4.69) is 31.9 Å². The molecular formula is C14H10Br2F2O. The van der Waals surface area contributed by atoms with Crippen LogP contribution in [0.1, 0.15) is 11.1 Å². The van der Waals surface area contributed by atoms with Crippen LogP contribution in [0.2, 0.25) is 0 Å². The maximum Gasteiger partial charge on any atom is 0.130 e. The van der Waals surface area contributed by atoms with Crippen LogP contribution in [-0.2, 0) is 11.9 Å². The van der Waals surface area contributed by atoms with Gasteiger partial charge < -0.3 is 4.74 Å². The first-order valence-corrected chi connectivity index (χ1v) is 7.42. The molecule has 0 heterocycles. The number of hydrogen-bond acceptors (Lipinski definition) is 1. The highest BCUT2D eigenvalue weighted by atomic mass is 79.9. The SMILES string of the molecule is Fc1ccc(F)c(COc2ccc(Br)c(CBr)c2)c1. The first-order valence-electron chi connectivity index (χ1n) is 5.51. The van der Waals surface area contributed by atoms with Crippen LogP contribution < -0.4 is 4.74 Å². The minimum absolute atomic E-state index is 0.00699. The summed E-state index contributed by atoms with van der Waals surface area (Å²) in [6, 6.07) is 8.79. The molecule has 0 aliphatic rings. The van der Waals surface area contributed by atoms with Gasteiger partial charge >= 0.3 is 0 Å². The Morgan fingerprint density at radius 1 is 1.00 bits per heavy atom. The number of hydrogen-bond donors (Lipinski definition) is 0. The molecule has 0 bridgehead atoms. The van der Waals surface area contributed by atoms with Gasteiger partial charge in [0.1, 0.15) is 24.0 Å². The minimum atomic E-state index is -0.475. The van der Waals surface area contributed by atoms with Gasteiger partial charge in [-0.1, -0.05) is 31.9 Å². The molecule has 2 aromatic rings. The normalized spacial score (nSPS) is 10.5. The topological polar surface area (TPSA) is 9.23 Å². The Hall–Kier alpha value is -0.940. The predicted molar refractivity (Wildman–Crippen MR) is 77.5 cm³/mol.